The molecule has 2 heterocycles. The van der Waals surface area contributed by atoms with Gasteiger partial charge in [0.1, 0.15) is 0 Å². The Kier molecular flexibility index (Phi) is 6.60. The van der Waals surface area contributed by atoms with Crippen molar-refractivity contribution in [2.45, 2.75) is 65.2 Å². The molecule has 0 N–H and O–H groups in total. The zero-order valence-corrected chi connectivity index (χ0v) is 16.7. The first kappa shape index (κ1) is 19.7. The topological polar surface area (TPSA) is 49.9 Å². The summed E-state index contributed by atoms with van der Waals surface area (Å²) in [6.45, 7) is 8.80. The highest BCUT2D eigenvalue weighted by atomic mass is 16.5. The van der Waals surface area contributed by atoms with E-state index in [0.717, 1.165) is 32.6 Å². The number of nitrogens with zero attached hydrogens (tertiary/aromatic N) is 2. The highest BCUT2D eigenvalue weighted by molar-refractivity contribution is 5.77. The van der Waals surface area contributed by atoms with Crippen LogP contribution in [0.3, 0.4) is 0 Å². The highest BCUT2D eigenvalue weighted by Gasteiger charge is 2.47. The molecule has 0 aromatic heterocycles. The Morgan fingerprint density at radius 1 is 1.04 bits per heavy atom. The minimum absolute atomic E-state index is 0.270. The molecule has 148 valence electrons. The number of hydrogen-bond acceptors (Lipinski definition) is 3. The predicted molar refractivity (Wildman–Crippen MR) is 102 cm³/mol. The first-order valence-electron chi connectivity index (χ1n) is 10.6. The van der Waals surface area contributed by atoms with Gasteiger partial charge in [0.25, 0.3) is 0 Å². The molecular formula is C21H36N2O3. The molecule has 3 rings (SSSR count). The van der Waals surface area contributed by atoms with Crippen molar-refractivity contribution in [3.05, 3.63) is 0 Å². The lowest BCUT2D eigenvalue weighted by molar-refractivity contribution is -0.135. The molecular weight excluding hydrogens is 328 g/mol. The fraction of sp³-hybridized carbons (Fsp3) is 0.905. The number of ether oxygens (including phenoxy) is 1. The Morgan fingerprint density at radius 3 is 2.38 bits per heavy atom. The van der Waals surface area contributed by atoms with E-state index in [1.807, 2.05) is 4.90 Å². The summed E-state index contributed by atoms with van der Waals surface area (Å²) >= 11 is 0. The molecule has 1 spiro atoms. The molecule has 5 nitrogen and oxygen atoms in total. The predicted octanol–water partition coefficient (Wildman–Crippen LogP) is 3.08. The van der Waals surface area contributed by atoms with E-state index in [-0.39, 0.29) is 11.3 Å². The van der Waals surface area contributed by atoms with E-state index in [0.29, 0.717) is 43.8 Å². The standard InChI is InChI=1S/C21H36N2O3/c1-17(2)14-20(25)23-15-18(21(16-23)8-4-3-5-9-21)6-7-19(24)22-10-12-26-13-11-22/h17-18H,3-16H2,1-2H3. The number of likely N-dealkylation sites (tertiary alicyclic amines) is 1. The molecule has 2 aliphatic heterocycles. The second-order valence-corrected chi connectivity index (χ2v) is 9.02. The van der Waals surface area contributed by atoms with Gasteiger partial charge in [0, 0.05) is 39.0 Å². The second-order valence-electron chi connectivity index (χ2n) is 9.02. The molecule has 0 aromatic carbocycles. The smallest absolute Gasteiger partial charge is 0.222 e. The Bertz CT molecular complexity index is 493. The number of carbonyl (C=O) groups is 2. The first-order chi connectivity index (χ1) is 12.5. The lowest BCUT2D eigenvalue weighted by atomic mass is 9.66. The molecule has 1 saturated carbocycles. The van der Waals surface area contributed by atoms with E-state index in [1.165, 1.54) is 32.1 Å². The van der Waals surface area contributed by atoms with Gasteiger partial charge in [-0.2, -0.15) is 0 Å². The molecule has 1 atom stereocenters. The summed E-state index contributed by atoms with van der Waals surface area (Å²) in [6.07, 6.45) is 8.54. The maximum absolute atomic E-state index is 12.6. The van der Waals surface area contributed by atoms with Crippen LogP contribution in [0.4, 0.5) is 0 Å². The maximum Gasteiger partial charge on any atom is 0.222 e. The summed E-state index contributed by atoms with van der Waals surface area (Å²) in [5.41, 5.74) is 0.274. The molecule has 5 heteroatoms. The summed E-state index contributed by atoms with van der Waals surface area (Å²) in [6, 6.07) is 0. The van der Waals surface area contributed by atoms with Crippen LogP contribution in [0, 0.1) is 17.3 Å². The van der Waals surface area contributed by atoms with Crippen LogP contribution in [0.25, 0.3) is 0 Å². The Balaban J connectivity index is 1.60. The van der Waals surface area contributed by atoms with Crippen molar-refractivity contribution in [3.63, 3.8) is 0 Å². The molecule has 3 aliphatic rings. The summed E-state index contributed by atoms with van der Waals surface area (Å²) in [7, 11) is 0. The highest BCUT2D eigenvalue weighted by Crippen LogP contribution is 2.49. The minimum atomic E-state index is 0.270. The van der Waals surface area contributed by atoms with Gasteiger partial charge < -0.3 is 14.5 Å². The van der Waals surface area contributed by atoms with Crippen LogP contribution in [0.1, 0.15) is 65.2 Å². The molecule has 3 fully saturated rings. The van der Waals surface area contributed by atoms with Crippen LogP contribution in [0.15, 0.2) is 0 Å². The average Bonchev–Trinajstić information content (AvgIpc) is 2.98. The molecule has 26 heavy (non-hydrogen) atoms. The summed E-state index contributed by atoms with van der Waals surface area (Å²) in [5, 5.41) is 0. The van der Waals surface area contributed by atoms with Crippen molar-refractivity contribution in [1.82, 2.24) is 9.80 Å². The third-order valence-electron chi connectivity index (χ3n) is 6.67. The van der Waals surface area contributed by atoms with Crippen LogP contribution in [0.5, 0.6) is 0 Å². The summed E-state index contributed by atoms with van der Waals surface area (Å²) in [5.74, 6) is 1.48. The third-order valence-corrected chi connectivity index (χ3v) is 6.67. The van der Waals surface area contributed by atoms with Gasteiger partial charge in [0.2, 0.25) is 11.8 Å². The number of rotatable bonds is 5. The van der Waals surface area contributed by atoms with E-state index >= 15 is 0 Å². The monoisotopic (exact) mass is 364 g/mol. The minimum Gasteiger partial charge on any atom is -0.378 e. The van der Waals surface area contributed by atoms with Gasteiger partial charge in [-0.3, -0.25) is 9.59 Å². The van der Waals surface area contributed by atoms with E-state index in [4.69, 9.17) is 4.74 Å². The van der Waals surface area contributed by atoms with E-state index in [1.54, 1.807) is 0 Å². The first-order valence-corrected chi connectivity index (χ1v) is 10.6. The lowest BCUT2D eigenvalue weighted by Crippen LogP contribution is -2.41. The van der Waals surface area contributed by atoms with E-state index in [2.05, 4.69) is 18.7 Å². The number of amides is 2. The van der Waals surface area contributed by atoms with Crippen molar-refractivity contribution in [3.8, 4) is 0 Å². The fourth-order valence-electron chi connectivity index (χ4n) is 5.19. The SMILES string of the molecule is CC(C)CC(=O)N1CC(CCC(=O)N2CCOCC2)C2(CCCCC2)C1. The normalized spacial score (nSPS) is 25.9. The summed E-state index contributed by atoms with van der Waals surface area (Å²) < 4.78 is 5.35. The largest absolute Gasteiger partial charge is 0.378 e. The van der Waals surface area contributed by atoms with Crippen LogP contribution in [-0.2, 0) is 14.3 Å². The van der Waals surface area contributed by atoms with Crippen molar-refractivity contribution in [1.29, 1.82) is 0 Å². The fourth-order valence-corrected chi connectivity index (χ4v) is 5.19. The average molecular weight is 365 g/mol. The Morgan fingerprint density at radius 2 is 1.73 bits per heavy atom. The summed E-state index contributed by atoms with van der Waals surface area (Å²) in [4.78, 5) is 29.3. The van der Waals surface area contributed by atoms with Gasteiger partial charge >= 0.3 is 0 Å². The van der Waals surface area contributed by atoms with Gasteiger partial charge in [0.05, 0.1) is 13.2 Å². The van der Waals surface area contributed by atoms with Crippen molar-refractivity contribution >= 4 is 11.8 Å². The molecule has 0 aromatic rings. The van der Waals surface area contributed by atoms with Gasteiger partial charge in [-0.25, -0.2) is 0 Å². The van der Waals surface area contributed by atoms with Crippen molar-refractivity contribution in [2.24, 2.45) is 17.3 Å². The van der Waals surface area contributed by atoms with Crippen molar-refractivity contribution < 1.29 is 14.3 Å². The van der Waals surface area contributed by atoms with Gasteiger partial charge in [0.15, 0.2) is 0 Å². The zero-order chi connectivity index (χ0) is 18.6. The number of morpholine rings is 1. The van der Waals surface area contributed by atoms with Gasteiger partial charge in [-0.15, -0.1) is 0 Å². The van der Waals surface area contributed by atoms with Gasteiger partial charge in [-0.05, 0) is 36.5 Å². The second kappa shape index (κ2) is 8.73. The molecule has 2 amide bonds. The van der Waals surface area contributed by atoms with E-state index in [9.17, 15) is 9.59 Å². The van der Waals surface area contributed by atoms with Crippen LogP contribution >= 0.6 is 0 Å². The van der Waals surface area contributed by atoms with Crippen LogP contribution < -0.4 is 0 Å². The van der Waals surface area contributed by atoms with E-state index < -0.39 is 0 Å². The molecule has 2 saturated heterocycles. The Hall–Kier alpha value is -1.10. The van der Waals surface area contributed by atoms with Gasteiger partial charge in [-0.1, -0.05) is 33.1 Å². The molecule has 0 radical (unpaired) electrons. The zero-order valence-electron chi connectivity index (χ0n) is 16.7. The lowest BCUT2D eigenvalue weighted by Gasteiger charge is -2.38. The number of carbonyl (C=O) groups excluding carboxylic acids is 2. The van der Waals surface area contributed by atoms with Crippen molar-refractivity contribution in [2.75, 3.05) is 39.4 Å². The van der Waals surface area contributed by atoms with Crippen LogP contribution in [0.2, 0.25) is 0 Å². The molecule has 1 unspecified atom stereocenters. The molecule has 1 aliphatic carbocycles. The third kappa shape index (κ3) is 4.59. The quantitative estimate of drug-likeness (QED) is 0.753. The molecule has 0 bridgehead atoms. The Labute approximate surface area is 158 Å². The maximum atomic E-state index is 12.6. The number of hydrogen-bond donors (Lipinski definition) is 0. The van der Waals surface area contributed by atoms with Crippen LogP contribution in [-0.4, -0.2) is 61.0 Å².